The number of aryl methyl sites for hydroxylation is 1. The molecule has 0 fully saturated rings. The van der Waals surface area contributed by atoms with Crippen molar-refractivity contribution >= 4 is 17.6 Å². The number of unbranched alkanes of at least 4 members (excludes halogenated alkanes) is 4. The summed E-state index contributed by atoms with van der Waals surface area (Å²) in [6, 6.07) is 7.83. The number of rotatable bonds is 12. The summed E-state index contributed by atoms with van der Waals surface area (Å²) in [5.41, 5.74) is 2.04. The number of carbonyl (C=O) groups is 2. The summed E-state index contributed by atoms with van der Waals surface area (Å²) in [5, 5.41) is 2.85. The zero-order valence-electron chi connectivity index (χ0n) is 15.1. The maximum absolute atomic E-state index is 11.8. The number of nitrogens with one attached hydrogen (secondary N) is 1. The van der Waals surface area contributed by atoms with Crippen LogP contribution in [0.25, 0.3) is 0 Å². The van der Waals surface area contributed by atoms with E-state index in [0.717, 1.165) is 24.9 Å². The highest BCUT2D eigenvalue weighted by atomic mass is 16.5. The van der Waals surface area contributed by atoms with Gasteiger partial charge in [-0.2, -0.15) is 0 Å². The number of ether oxygens (including phenoxy) is 1. The van der Waals surface area contributed by atoms with Crippen LogP contribution in [0.15, 0.2) is 24.3 Å². The SMILES string of the molecule is CCCCCCCOC(=O)CCCC(=O)Nc1ccc(CC)cc1. The number of anilines is 1. The highest BCUT2D eigenvalue weighted by molar-refractivity contribution is 5.90. The molecule has 0 atom stereocenters. The smallest absolute Gasteiger partial charge is 0.305 e. The molecule has 1 amide bonds. The average molecular weight is 333 g/mol. The van der Waals surface area contributed by atoms with Crippen molar-refractivity contribution in [1.29, 1.82) is 0 Å². The molecule has 0 aliphatic heterocycles. The summed E-state index contributed by atoms with van der Waals surface area (Å²) in [5.74, 6) is -0.266. The third-order valence-electron chi connectivity index (χ3n) is 3.94. The van der Waals surface area contributed by atoms with Crippen molar-refractivity contribution in [3.8, 4) is 0 Å². The Morgan fingerprint density at radius 3 is 2.29 bits per heavy atom. The van der Waals surface area contributed by atoms with Gasteiger partial charge in [-0.05, 0) is 37.0 Å². The molecule has 0 saturated carbocycles. The van der Waals surface area contributed by atoms with Gasteiger partial charge in [0.25, 0.3) is 0 Å². The first-order valence-corrected chi connectivity index (χ1v) is 9.20. The van der Waals surface area contributed by atoms with Gasteiger partial charge in [0.2, 0.25) is 5.91 Å². The molecule has 4 nitrogen and oxygen atoms in total. The number of hydrogen-bond acceptors (Lipinski definition) is 3. The van der Waals surface area contributed by atoms with Crippen LogP contribution in [-0.4, -0.2) is 18.5 Å². The van der Waals surface area contributed by atoms with E-state index >= 15 is 0 Å². The topological polar surface area (TPSA) is 55.4 Å². The maximum atomic E-state index is 11.8. The Labute approximate surface area is 146 Å². The second kappa shape index (κ2) is 12.6. The van der Waals surface area contributed by atoms with Crippen LogP contribution in [0.5, 0.6) is 0 Å². The van der Waals surface area contributed by atoms with E-state index in [0.29, 0.717) is 25.9 Å². The highest BCUT2D eigenvalue weighted by Gasteiger charge is 2.07. The predicted molar refractivity (Wildman–Crippen MR) is 98.0 cm³/mol. The Kier molecular flexibility index (Phi) is 10.6. The minimum absolute atomic E-state index is 0.0633. The van der Waals surface area contributed by atoms with Gasteiger partial charge in [-0.25, -0.2) is 0 Å². The number of carbonyl (C=O) groups excluding carboxylic acids is 2. The molecule has 0 heterocycles. The van der Waals surface area contributed by atoms with E-state index in [2.05, 4.69) is 19.2 Å². The molecule has 0 bridgehead atoms. The molecule has 0 unspecified atom stereocenters. The van der Waals surface area contributed by atoms with Crippen LogP contribution in [0, 0.1) is 0 Å². The van der Waals surface area contributed by atoms with Crippen LogP contribution in [0.3, 0.4) is 0 Å². The predicted octanol–water partition coefficient (Wildman–Crippen LogP) is 4.87. The molecule has 134 valence electrons. The Morgan fingerprint density at radius 1 is 0.917 bits per heavy atom. The second-order valence-electron chi connectivity index (χ2n) is 6.09. The lowest BCUT2D eigenvalue weighted by atomic mass is 10.1. The number of esters is 1. The molecule has 24 heavy (non-hydrogen) atoms. The summed E-state index contributed by atoms with van der Waals surface area (Å²) in [6.07, 6.45) is 7.84. The first kappa shape index (κ1) is 20.2. The van der Waals surface area contributed by atoms with E-state index in [1.54, 1.807) is 0 Å². The van der Waals surface area contributed by atoms with Crippen LogP contribution in [0.4, 0.5) is 5.69 Å². The molecule has 1 N–H and O–H groups in total. The Balaban J connectivity index is 2.08. The fourth-order valence-corrected chi connectivity index (χ4v) is 2.40. The zero-order valence-corrected chi connectivity index (χ0v) is 15.1. The van der Waals surface area contributed by atoms with Crippen molar-refractivity contribution in [1.82, 2.24) is 0 Å². The molecule has 4 heteroatoms. The zero-order chi connectivity index (χ0) is 17.6. The lowest BCUT2D eigenvalue weighted by molar-refractivity contribution is -0.143. The molecule has 0 saturated heterocycles. The van der Waals surface area contributed by atoms with Crippen molar-refractivity contribution in [2.45, 2.75) is 71.6 Å². The molecule has 1 aromatic carbocycles. The van der Waals surface area contributed by atoms with Crippen LogP contribution in [0.1, 0.15) is 70.8 Å². The van der Waals surface area contributed by atoms with E-state index in [9.17, 15) is 9.59 Å². The monoisotopic (exact) mass is 333 g/mol. The van der Waals surface area contributed by atoms with Gasteiger partial charge in [-0.1, -0.05) is 51.7 Å². The van der Waals surface area contributed by atoms with Crippen LogP contribution >= 0.6 is 0 Å². The molecule has 0 aromatic heterocycles. The van der Waals surface area contributed by atoms with Crippen molar-refractivity contribution in [2.75, 3.05) is 11.9 Å². The van der Waals surface area contributed by atoms with E-state index in [-0.39, 0.29) is 11.9 Å². The minimum Gasteiger partial charge on any atom is -0.466 e. The van der Waals surface area contributed by atoms with Gasteiger partial charge >= 0.3 is 5.97 Å². The van der Waals surface area contributed by atoms with Gasteiger partial charge in [0, 0.05) is 18.5 Å². The Bertz CT molecular complexity index is 482. The van der Waals surface area contributed by atoms with Gasteiger partial charge in [0.05, 0.1) is 6.61 Å². The lowest BCUT2D eigenvalue weighted by Gasteiger charge is -2.07. The van der Waals surface area contributed by atoms with Crippen molar-refractivity contribution in [3.63, 3.8) is 0 Å². The number of benzene rings is 1. The highest BCUT2D eigenvalue weighted by Crippen LogP contribution is 2.11. The third kappa shape index (κ3) is 9.33. The van der Waals surface area contributed by atoms with E-state index in [4.69, 9.17) is 4.74 Å². The summed E-state index contributed by atoms with van der Waals surface area (Å²) in [7, 11) is 0. The normalized spacial score (nSPS) is 10.4. The van der Waals surface area contributed by atoms with E-state index in [1.807, 2.05) is 24.3 Å². The second-order valence-corrected chi connectivity index (χ2v) is 6.09. The fraction of sp³-hybridized carbons (Fsp3) is 0.600. The molecule has 0 aliphatic rings. The fourth-order valence-electron chi connectivity index (χ4n) is 2.40. The van der Waals surface area contributed by atoms with Gasteiger partial charge in [0.1, 0.15) is 0 Å². The van der Waals surface area contributed by atoms with Crippen molar-refractivity contribution < 1.29 is 14.3 Å². The van der Waals surface area contributed by atoms with Crippen LogP contribution < -0.4 is 5.32 Å². The van der Waals surface area contributed by atoms with Crippen LogP contribution in [0.2, 0.25) is 0 Å². The van der Waals surface area contributed by atoms with E-state index < -0.39 is 0 Å². The molecular weight excluding hydrogens is 302 g/mol. The average Bonchev–Trinajstić information content (AvgIpc) is 2.58. The number of hydrogen-bond donors (Lipinski definition) is 1. The summed E-state index contributed by atoms with van der Waals surface area (Å²) < 4.78 is 5.18. The van der Waals surface area contributed by atoms with Crippen molar-refractivity contribution in [2.24, 2.45) is 0 Å². The molecule has 0 aliphatic carbocycles. The van der Waals surface area contributed by atoms with Gasteiger partial charge < -0.3 is 10.1 Å². The Hall–Kier alpha value is -1.84. The molecule has 1 aromatic rings. The standard InChI is InChI=1S/C20H31NO3/c1-3-5-6-7-8-16-24-20(23)11-9-10-19(22)21-18-14-12-17(4-2)13-15-18/h12-15H,3-11,16H2,1-2H3,(H,21,22). The third-order valence-corrected chi connectivity index (χ3v) is 3.94. The molecular formula is C20H31NO3. The largest absolute Gasteiger partial charge is 0.466 e. The van der Waals surface area contributed by atoms with Gasteiger partial charge in [-0.3, -0.25) is 9.59 Å². The van der Waals surface area contributed by atoms with Gasteiger partial charge in [0.15, 0.2) is 0 Å². The summed E-state index contributed by atoms with van der Waals surface area (Å²) in [6.45, 7) is 4.77. The van der Waals surface area contributed by atoms with Crippen molar-refractivity contribution in [3.05, 3.63) is 29.8 Å². The summed E-state index contributed by atoms with van der Waals surface area (Å²) >= 11 is 0. The summed E-state index contributed by atoms with van der Waals surface area (Å²) in [4.78, 5) is 23.4. The minimum atomic E-state index is -0.203. The van der Waals surface area contributed by atoms with Crippen LogP contribution in [-0.2, 0) is 20.7 Å². The first-order valence-electron chi connectivity index (χ1n) is 9.20. The molecule has 0 radical (unpaired) electrons. The molecule has 0 spiro atoms. The Morgan fingerprint density at radius 2 is 1.62 bits per heavy atom. The maximum Gasteiger partial charge on any atom is 0.305 e. The van der Waals surface area contributed by atoms with E-state index in [1.165, 1.54) is 24.8 Å². The first-order chi connectivity index (χ1) is 11.7. The molecule has 1 rings (SSSR count). The lowest BCUT2D eigenvalue weighted by Crippen LogP contribution is -2.12. The number of amides is 1. The van der Waals surface area contributed by atoms with Gasteiger partial charge in [-0.15, -0.1) is 0 Å². The quantitative estimate of drug-likeness (QED) is 0.438.